The normalized spacial score (nSPS) is 34.2. The van der Waals surface area contributed by atoms with E-state index < -0.39 is 76.6 Å². The average molecular weight is 839 g/mol. The molecule has 0 aromatic heterocycles. The number of halogens is 6. The molecule has 4 aliphatic rings. The van der Waals surface area contributed by atoms with Crippen molar-refractivity contribution in [2.45, 2.75) is 152 Å². The quantitative estimate of drug-likeness (QED) is 0.0877. The number of carbonyl (C=O) groups excluding carboxylic acids is 2. The second-order valence-electron chi connectivity index (χ2n) is 20.1. The van der Waals surface area contributed by atoms with Gasteiger partial charge in [0.1, 0.15) is 6.10 Å². The van der Waals surface area contributed by atoms with Crippen molar-refractivity contribution in [3.8, 4) is 0 Å². The fraction of sp³-hybridized carbons (Fsp3) is 0.702. The average Bonchev–Trinajstić information content (AvgIpc) is 3.37. The Bertz CT molecular complexity index is 1830. The molecule has 0 saturated heterocycles. The van der Waals surface area contributed by atoms with Gasteiger partial charge in [-0.2, -0.15) is 26.3 Å². The van der Waals surface area contributed by atoms with Crippen LogP contribution in [0.25, 0.3) is 5.57 Å². The number of carbonyl (C=O) groups is 2. The van der Waals surface area contributed by atoms with Crippen LogP contribution < -0.4 is 0 Å². The molecule has 4 aliphatic carbocycles. The van der Waals surface area contributed by atoms with Crippen LogP contribution in [0.15, 0.2) is 47.3 Å². The highest BCUT2D eigenvalue weighted by Crippen LogP contribution is 2.75. The molecule has 0 amide bonds. The minimum absolute atomic E-state index is 0.0389. The van der Waals surface area contributed by atoms with Crippen molar-refractivity contribution in [2.75, 3.05) is 6.79 Å². The summed E-state index contributed by atoms with van der Waals surface area (Å²) in [5.41, 5.74) is -3.69. The SMILES string of the molecule is C=C(C)OC1C[C@@]2(C)[C@@H](C[C@@H](O)[C@H]3[C@@]4(C)CC[C@@H](C)[C@H](C)[C@@H]4CC[C@@]32C)/C1=C(\CCC(=C(C)C)c1cc(C(F)(F)F)cc(C(F)(F)F)c1)C(=O)OCOC(=O)C(C)(C)C. The van der Waals surface area contributed by atoms with Gasteiger partial charge >= 0.3 is 24.3 Å². The Morgan fingerprint density at radius 1 is 0.864 bits per heavy atom. The summed E-state index contributed by atoms with van der Waals surface area (Å²) < 4.78 is 102. The van der Waals surface area contributed by atoms with Crippen LogP contribution in [-0.4, -0.2) is 36.0 Å². The van der Waals surface area contributed by atoms with Gasteiger partial charge in [-0.1, -0.05) is 46.8 Å². The first-order valence-electron chi connectivity index (χ1n) is 21.0. The Morgan fingerprint density at radius 2 is 1.46 bits per heavy atom. The minimum Gasteiger partial charge on any atom is -0.491 e. The van der Waals surface area contributed by atoms with Crippen LogP contribution in [0.4, 0.5) is 26.3 Å². The molecular weight excluding hydrogens is 774 g/mol. The summed E-state index contributed by atoms with van der Waals surface area (Å²) in [5.74, 6) is 0.00992. The number of aliphatic hydroxyl groups is 1. The third-order valence-corrected chi connectivity index (χ3v) is 15.3. The smallest absolute Gasteiger partial charge is 0.416 e. The molecule has 0 heterocycles. The molecule has 1 aromatic rings. The van der Waals surface area contributed by atoms with Gasteiger partial charge in [-0.15, -0.1) is 0 Å². The standard InChI is InChI=1S/C47H64F6O6/c1-25(2)32(29-19-30(46(48,49)50)21-31(20-29)47(51,52)53)13-14-33(40(55)57-24-58-41(56)42(7,8)9)38-35-22-36(54)39-43(10)17-15-27(5)28(6)34(43)16-18-44(39,11)45(35,12)23-37(38)59-26(3)4/h19-21,27-28,34-37,39,54H,3,13-18,22-24H2,1-2,4-12H3/b38-33-/t27-,28+,34+,35+,36-,37?,39+,43+,44+,45+/m1/s1. The summed E-state index contributed by atoms with van der Waals surface area (Å²) in [6.45, 7) is 24.6. The van der Waals surface area contributed by atoms with E-state index in [-0.39, 0.29) is 47.0 Å². The first-order valence-corrected chi connectivity index (χ1v) is 21.0. The molecule has 10 atom stereocenters. The molecule has 59 heavy (non-hydrogen) atoms. The summed E-state index contributed by atoms with van der Waals surface area (Å²) in [4.78, 5) is 27.1. The molecule has 4 fully saturated rings. The molecule has 330 valence electrons. The minimum atomic E-state index is -5.05. The van der Waals surface area contributed by atoms with Crippen LogP contribution in [0.3, 0.4) is 0 Å². The molecule has 1 unspecified atom stereocenters. The predicted octanol–water partition coefficient (Wildman–Crippen LogP) is 12.5. The lowest BCUT2D eigenvalue weighted by molar-refractivity contribution is -0.229. The highest BCUT2D eigenvalue weighted by Gasteiger charge is 2.70. The van der Waals surface area contributed by atoms with Gasteiger partial charge in [-0.25, -0.2) is 4.79 Å². The van der Waals surface area contributed by atoms with E-state index in [2.05, 4.69) is 41.2 Å². The van der Waals surface area contributed by atoms with Crippen molar-refractivity contribution < 1.29 is 55.2 Å². The van der Waals surface area contributed by atoms with Gasteiger partial charge in [0.2, 0.25) is 6.79 Å². The molecule has 0 aliphatic heterocycles. The predicted molar refractivity (Wildman–Crippen MR) is 214 cm³/mol. The van der Waals surface area contributed by atoms with Gasteiger partial charge in [-0.3, -0.25) is 4.79 Å². The maximum Gasteiger partial charge on any atom is 0.416 e. The van der Waals surface area contributed by atoms with E-state index in [1.165, 1.54) is 0 Å². The van der Waals surface area contributed by atoms with E-state index in [0.29, 0.717) is 59.6 Å². The summed E-state index contributed by atoms with van der Waals surface area (Å²) in [5, 5.41) is 12.4. The highest BCUT2D eigenvalue weighted by atomic mass is 19.4. The van der Waals surface area contributed by atoms with Crippen molar-refractivity contribution >= 4 is 17.5 Å². The van der Waals surface area contributed by atoms with Crippen molar-refractivity contribution in [1.82, 2.24) is 0 Å². The fourth-order valence-electron chi connectivity index (χ4n) is 12.0. The Hall–Kier alpha value is -3.28. The third-order valence-electron chi connectivity index (χ3n) is 15.3. The van der Waals surface area contributed by atoms with Crippen molar-refractivity contribution in [2.24, 2.45) is 51.2 Å². The maximum atomic E-state index is 14.5. The van der Waals surface area contributed by atoms with Crippen molar-refractivity contribution in [3.63, 3.8) is 0 Å². The van der Waals surface area contributed by atoms with Crippen LogP contribution in [0, 0.1) is 51.2 Å². The molecule has 0 spiro atoms. The molecule has 1 N–H and O–H groups in total. The zero-order chi connectivity index (χ0) is 44.4. The van der Waals surface area contributed by atoms with Crippen LogP contribution in [-0.2, 0) is 36.2 Å². The van der Waals surface area contributed by atoms with Gasteiger partial charge < -0.3 is 19.3 Å². The lowest BCUT2D eigenvalue weighted by atomic mass is 9.36. The maximum absolute atomic E-state index is 14.5. The Balaban J connectivity index is 1.65. The summed E-state index contributed by atoms with van der Waals surface area (Å²) in [6, 6.07) is 1.51. The number of fused-ring (bicyclic) bond motifs is 5. The number of esters is 2. The molecular formula is C47H64F6O6. The van der Waals surface area contributed by atoms with Crippen LogP contribution >= 0.6 is 0 Å². The first-order chi connectivity index (χ1) is 27.0. The number of aliphatic hydroxyl groups excluding tert-OH is 1. The number of alkyl halides is 6. The van der Waals surface area contributed by atoms with Crippen molar-refractivity contribution in [1.29, 1.82) is 0 Å². The van der Waals surface area contributed by atoms with E-state index >= 15 is 0 Å². The number of rotatable bonds is 9. The number of ether oxygens (including phenoxy) is 3. The number of hydrogen-bond donors (Lipinski definition) is 1. The summed E-state index contributed by atoms with van der Waals surface area (Å²) in [7, 11) is 0. The number of benzene rings is 1. The fourth-order valence-corrected chi connectivity index (χ4v) is 12.0. The Kier molecular flexibility index (Phi) is 12.8. The topological polar surface area (TPSA) is 82.1 Å². The van der Waals surface area contributed by atoms with Crippen LogP contribution in [0.1, 0.15) is 144 Å². The molecule has 5 rings (SSSR count). The second-order valence-corrected chi connectivity index (χ2v) is 20.1. The van der Waals surface area contributed by atoms with E-state index in [1.807, 2.05) is 0 Å². The monoisotopic (exact) mass is 838 g/mol. The molecule has 0 bridgehead atoms. The first kappa shape index (κ1) is 46.8. The lowest BCUT2D eigenvalue weighted by Crippen LogP contribution is -2.65. The van der Waals surface area contributed by atoms with Gasteiger partial charge in [0.25, 0.3) is 0 Å². The number of hydrogen-bond acceptors (Lipinski definition) is 6. The van der Waals surface area contributed by atoms with Gasteiger partial charge in [0, 0.05) is 5.57 Å². The van der Waals surface area contributed by atoms with Gasteiger partial charge in [-0.05, 0) is 174 Å². The lowest BCUT2D eigenvalue weighted by Gasteiger charge is -2.69. The van der Waals surface area contributed by atoms with E-state index in [0.717, 1.165) is 25.7 Å². The summed E-state index contributed by atoms with van der Waals surface area (Å²) in [6.07, 6.45) is -7.07. The third kappa shape index (κ3) is 8.77. The molecule has 1 aromatic carbocycles. The van der Waals surface area contributed by atoms with Gasteiger partial charge in [0.15, 0.2) is 0 Å². The van der Waals surface area contributed by atoms with Crippen molar-refractivity contribution in [3.05, 3.63) is 63.9 Å². The Labute approximate surface area is 346 Å². The largest absolute Gasteiger partial charge is 0.491 e. The van der Waals surface area contributed by atoms with Gasteiger partial charge in [0.05, 0.1) is 28.4 Å². The van der Waals surface area contributed by atoms with E-state index in [1.54, 1.807) is 41.5 Å². The van der Waals surface area contributed by atoms with Crippen LogP contribution in [0.2, 0.25) is 0 Å². The van der Waals surface area contributed by atoms with E-state index in [9.17, 15) is 41.0 Å². The zero-order valence-corrected chi connectivity index (χ0v) is 36.6. The van der Waals surface area contributed by atoms with Crippen LogP contribution in [0.5, 0.6) is 0 Å². The Morgan fingerprint density at radius 3 is 1.98 bits per heavy atom. The molecule has 4 saturated carbocycles. The van der Waals surface area contributed by atoms with E-state index in [4.69, 9.17) is 14.2 Å². The molecule has 6 nitrogen and oxygen atoms in total. The summed E-state index contributed by atoms with van der Waals surface area (Å²) >= 11 is 0. The second kappa shape index (κ2) is 16.2. The number of allylic oxidation sites excluding steroid dienone is 3. The zero-order valence-electron chi connectivity index (χ0n) is 36.6. The molecule has 0 radical (unpaired) electrons. The molecule has 12 heteroatoms. The highest BCUT2D eigenvalue weighted by molar-refractivity contribution is 5.90.